The molecule has 0 saturated carbocycles. The summed E-state index contributed by atoms with van der Waals surface area (Å²) in [6.45, 7) is 3.43. The van der Waals surface area contributed by atoms with Crippen LogP contribution in [0.3, 0.4) is 0 Å². The molecule has 15 heavy (non-hydrogen) atoms. The monoisotopic (exact) mass is 209 g/mol. The van der Waals surface area contributed by atoms with Crippen molar-refractivity contribution in [3.05, 3.63) is 34.9 Å². The molecule has 0 radical (unpaired) electrons. The van der Waals surface area contributed by atoms with Crippen LogP contribution in [-0.2, 0) is 0 Å². The van der Waals surface area contributed by atoms with E-state index in [4.69, 9.17) is 5.73 Å². The third-order valence-corrected chi connectivity index (χ3v) is 2.11. The molecule has 80 valence electrons. The predicted molar refractivity (Wildman–Crippen MR) is 56.2 cm³/mol. The quantitative estimate of drug-likeness (QED) is 0.706. The molecule has 0 saturated heterocycles. The van der Waals surface area contributed by atoms with Crippen molar-refractivity contribution in [3.8, 4) is 11.8 Å². The maximum atomic E-state index is 13.4. The second kappa shape index (κ2) is 4.90. The van der Waals surface area contributed by atoms with Crippen LogP contribution in [-0.4, -0.2) is 6.04 Å². The van der Waals surface area contributed by atoms with Gasteiger partial charge in [-0.05, 0) is 25.0 Å². The summed E-state index contributed by atoms with van der Waals surface area (Å²) in [6.07, 6.45) is 0.655. The smallest absolute Gasteiger partial charge is 0.144 e. The molecule has 1 aromatic rings. The Balaban J connectivity index is 3.12. The summed E-state index contributed by atoms with van der Waals surface area (Å²) < 4.78 is 26.6. The molecule has 0 aliphatic rings. The van der Waals surface area contributed by atoms with E-state index in [1.54, 1.807) is 6.92 Å². The zero-order valence-corrected chi connectivity index (χ0v) is 8.77. The Labute approximate surface area is 88.3 Å². The first kappa shape index (κ1) is 11.7. The lowest BCUT2D eigenvalue weighted by Gasteiger charge is -2.01. The standard InChI is InChI=1S/C12H13F2N/c1-3-9(15)5-6-10-11(13)7-4-8(2)12(10)14/h4,7,9H,3,15H2,1-2H3. The summed E-state index contributed by atoms with van der Waals surface area (Å²) in [7, 11) is 0. The van der Waals surface area contributed by atoms with Gasteiger partial charge in [-0.2, -0.15) is 0 Å². The molecule has 1 unspecified atom stereocenters. The molecule has 0 fully saturated rings. The lowest BCUT2D eigenvalue weighted by Crippen LogP contribution is -2.15. The van der Waals surface area contributed by atoms with E-state index in [1.807, 2.05) is 6.92 Å². The zero-order chi connectivity index (χ0) is 11.4. The third-order valence-electron chi connectivity index (χ3n) is 2.11. The minimum atomic E-state index is -0.645. The second-order valence-corrected chi connectivity index (χ2v) is 3.34. The van der Waals surface area contributed by atoms with Gasteiger partial charge >= 0.3 is 0 Å². The van der Waals surface area contributed by atoms with Gasteiger partial charge in [-0.15, -0.1) is 0 Å². The number of hydrogen-bond donors (Lipinski definition) is 1. The summed E-state index contributed by atoms with van der Waals surface area (Å²) in [4.78, 5) is 0. The Morgan fingerprint density at radius 1 is 1.40 bits per heavy atom. The first-order valence-electron chi connectivity index (χ1n) is 4.78. The number of aryl methyl sites for hydroxylation is 1. The van der Waals surface area contributed by atoms with Crippen molar-refractivity contribution in [2.24, 2.45) is 5.73 Å². The lowest BCUT2D eigenvalue weighted by atomic mass is 10.1. The van der Waals surface area contributed by atoms with Crippen molar-refractivity contribution >= 4 is 0 Å². The van der Waals surface area contributed by atoms with Crippen molar-refractivity contribution in [1.29, 1.82) is 0 Å². The molecule has 1 aromatic carbocycles. The van der Waals surface area contributed by atoms with Gasteiger partial charge < -0.3 is 5.73 Å². The molecular formula is C12H13F2N. The number of benzene rings is 1. The lowest BCUT2D eigenvalue weighted by molar-refractivity contribution is 0.571. The van der Waals surface area contributed by atoms with E-state index < -0.39 is 11.6 Å². The highest BCUT2D eigenvalue weighted by Gasteiger charge is 2.08. The summed E-state index contributed by atoms with van der Waals surface area (Å²) in [5.41, 5.74) is 5.73. The van der Waals surface area contributed by atoms with E-state index in [2.05, 4.69) is 11.8 Å². The van der Waals surface area contributed by atoms with Gasteiger partial charge in [-0.1, -0.05) is 24.8 Å². The van der Waals surface area contributed by atoms with Gasteiger partial charge in [0.2, 0.25) is 0 Å². The van der Waals surface area contributed by atoms with Crippen molar-refractivity contribution in [1.82, 2.24) is 0 Å². The Bertz CT molecular complexity index is 416. The van der Waals surface area contributed by atoms with Crippen LogP contribution in [0.15, 0.2) is 12.1 Å². The molecule has 0 aromatic heterocycles. The Kier molecular flexibility index (Phi) is 3.81. The third kappa shape index (κ3) is 2.77. The molecule has 1 rings (SSSR count). The highest BCUT2D eigenvalue weighted by molar-refractivity contribution is 5.40. The normalized spacial score (nSPS) is 11.8. The molecule has 0 aliphatic heterocycles. The Morgan fingerprint density at radius 3 is 2.67 bits per heavy atom. The van der Waals surface area contributed by atoms with Gasteiger partial charge in [0.25, 0.3) is 0 Å². The fourth-order valence-electron chi connectivity index (χ4n) is 1.04. The summed E-state index contributed by atoms with van der Waals surface area (Å²) in [6, 6.07) is 2.25. The van der Waals surface area contributed by atoms with Crippen molar-refractivity contribution in [2.75, 3.05) is 0 Å². The van der Waals surface area contributed by atoms with E-state index in [9.17, 15) is 8.78 Å². The van der Waals surface area contributed by atoms with Gasteiger partial charge in [0.15, 0.2) is 0 Å². The highest BCUT2D eigenvalue weighted by atomic mass is 19.1. The SMILES string of the molecule is CCC(N)C#Cc1c(F)ccc(C)c1F. The summed E-state index contributed by atoms with van der Waals surface area (Å²) in [5, 5.41) is 0. The molecule has 0 aliphatic carbocycles. The number of rotatable bonds is 1. The first-order valence-corrected chi connectivity index (χ1v) is 4.78. The Hall–Kier alpha value is -1.40. The van der Waals surface area contributed by atoms with Crippen molar-refractivity contribution in [3.63, 3.8) is 0 Å². The fourth-order valence-corrected chi connectivity index (χ4v) is 1.04. The first-order chi connectivity index (χ1) is 7.06. The van der Waals surface area contributed by atoms with Crippen LogP contribution in [0.4, 0.5) is 8.78 Å². The number of nitrogens with two attached hydrogens (primary N) is 1. The Morgan fingerprint density at radius 2 is 2.07 bits per heavy atom. The molecule has 0 amide bonds. The molecule has 3 heteroatoms. The van der Waals surface area contributed by atoms with Gasteiger partial charge in [0, 0.05) is 0 Å². The van der Waals surface area contributed by atoms with Crippen LogP contribution in [0, 0.1) is 30.4 Å². The topological polar surface area (TPSA) is 26.0 Å². The van der Waals surface area contributed by atoms with Crippen LogP contribution in [0.25, 0.3) is 0 Å². The van der Waals surface area contributed by atoms with Gasteiger partial charge in [-0.25, -0.2) is 8.78 Å². The molecule has 1 nitrogen and oxygen atoms in total. The van der Waals surface area contributed by atoms with E-state index in [0.717, 1.165) is 0 Å². The minimum Gasteiger partial charge on any atom is -0.318 e. The maximum absolute atomic E-state index is 13.4. The molecule has 0 heterocycles. The average molecular weight is 209 g/mol. The summed E-state index contributed by atoms with van der Waals surface area (Å²) >= 11 is 0. The van der Waals surface area contributed by atoms with E-state index in [0.29, 0.717) is 12.0 Å². The average Bonchev–Trinajstić information content (AvgIpc) is 2.23. The van der Waals surface area contributed by atoms with E-state index >= 15 is 0 Å². The van der Waals surface area contributed by atoms with Gasteiger partial charge in [0.1, 0.15) is 11.6 Å². The van der Waals surface area contributed by atoms with E-state index in [-0.39, 0.29) is 11.6 Å². The van der Waals surface area contributed by atoms with Gasteiger partial charge in [0.05, 0.1) is 11.6 Å². The molecule has 0 bridgehead atoms. The number of halogens is 2. The second-order valence-electron chi connectivity index (χ2n) is 3.34. The van der Waals surface area contributed by atoms with Crippen LogP contribution in [0.2, 0.25) is 0 Å². The molecule has 2 N–H and O–H groups in total. The molecule has 1 atom stereocenters. The predicted octanol–water partition coefficient (Wildman–Crippen LogP) is 2.36. The molecular weight excluding hydrogens is 196 g/mol. The molecule has 0 spiro atoms. The van der Waals surface area contributed by atoms with Crippen LogP contribution in [0.5, 0.6) is 0 Å². The number of hydrogen-bond acceptors (Lipinski definition) is 1. The van der Waals surface area contributed by atoms with Gasteiger partial charge in [-0.3, -0.25) is 0 Å². The maximum Gasteiger partial charge on any atom is 0.144 e. The van der Waals surface area contributed by atoms with Crippen LogP contribution in [0.1, 0.15) is 24.5 Å². The van der Waals surface area contributed by atoms with E-state index in [1.165, 1.54) is 12.1 Å². The largest absolute Gasteiger partial charge is 0.318 e. The fraction of sp³-hybridized carbons (Fsp3) is 0.333. The highest BCUT2D eigenvalue weighted by Crippen LogP contribution is 2.14. The zero-order valence-electron chi connectivity index (χ0n) is 8.77. The van der Waals surface area contributed by atoms with Crippen LogP contribution < -0.4 is 5.73 Å². The van der Waals surface area contributed by atoms with Crippen molar-refractivity contribution < 1.29 is 8.78 Å². The van der Waals surface area contributed by atoms with Crippen LogP contribution >= 0.6 is 0 Å². The minimum absolute atomic E-state index is 0.195. The summed E-state index contributed by atoms with van der Waals surface area (Å²) in [5.74, 6) is 3.80. The van der Waals surface area contributed by atoms with Crippen molar-refractivity contribution in [2.45, 2.75) is 26.3 Å².